The van der Waals surface area contributed by atoms with Crippen LogP contribution in [0.1, 0.15) is 0 Å². The molecule has 0 aliphatic heterocycles. The first-order chi connectivity index (χ1) is 65.6. The normalized spacial score (nSPS) is 12.4. The second kappa shape index (κ2) is 105. The van der Waals surface area contributed by atoms with Gasteiger partial charge in [0.25, 0.3) is 0 Å². The summed E-state index contributed by atoms with van der Waals surface area (Å²) < 4.78 is 194. The van der Waals surface area contributed by atoms with Gasteiger partial charge in [0, 0.05) is 0 Å². The van der Waals surface area contributed by atoms with Gasteiger partial charge in [0.05, 0.1) is 0 Å². The third kappa shape index (κ3) is 158. The number of rotatable bonds is 36. The Balaban J connectivity index is -0.0000000773. The Hall–Kier alpha value is 4.20. The SMILES string of the molecule is CN(C)P(N(C)C)N(C)C.CN(C)P(N(C)C)N(C)C.CN(C)P(N(C)C)N(C)C.CN(C)P(N(C)C)N(C)C.CN(C)P(N(C)C)N(C)C.CN(C)P(N(C)C)N(C)C.CN(C)P(N(C)C)N(C)C.CN(C)P(N(C)C)N(C)C.CN(C)P(N(C)C)N(C)C.CN(C)P(N(C)C)N(C)C.CN(C)P(N(C)C)N(C)C.CN(C)P(N(C)C)N(C)C.O=P(O)(O)F.O=P(O)(O)F.O=P(O)(O)F.O=P(O)(O)F.O=P(O)(O)F.O=P(O)(O)F. The summed E-state index contributed by atoms with van der Waals surface area (Å²) in [6.45, 7) is 0. The van der Waals surface area contributed by atoms with Gasteiger partial charge in [0.15, 0.2) is 0 Å². The van der Waals surface area contributed by atoms with Crippen LogP contribution in [-0.4, -0.2) is 734 Å². The second-order valence-electron chi connectivity index (χ2n) is 36.6. The lowest BCUT2D eigenvalue weighted by Crippen LogP contribution is -2.25. The standard InChI is InChI=1S/12C6H18N3P.6FH2O3P/c12*1-7(2)10(8(3)4)9(5)6;6*1-5(2,3)4/h12*1-6H3;6*(H2,2,3,4). The minimum absolute atomic E-state index is 0.238. The maximum Gasteiger partial charge on any atom is 0.507 e. The van der Waals surface area contributed by atoms with E-state index in [0.29, 0.717) is 0 Å². The van der Waals surface area contributed by atoms with Crippen molar-refractivity contribution in [3.8, 4) is 0 Å². The molecule has 54 nitrogen and oxygen atoms in total. The van der Waals surface area contributed by atoms with Gasteiger partial charge in [-0.2, -0.15) is 0 Å². The van der Waals surface area contributed by atoms with Crippen molar-refractivity contribution in [3.05, 3.63) is 0 Å². The van der Waals surface area contributed by atoms with Crippen molar-refractivity contribution < 1.29 is 111 Å². The van der Waals surface area contributed by atoms with Gasteiger partial charge in [0.2, 0.25) is 0 Å². The minimum Gasteiger partial charge on any atom is -0.299 e. The summed E-state index contributed by atoms with van der Waals surface area (Å²) in [5.74, 6) is 0. The zero-order chi connectivity index (χ0) is 127. The fraction of sp³-hybridized carbons (Fsp3) is 1.00. The molecule has 0 bridgehead atoms. The Bertz CT molecular complexity index is 2330. The molecule has 0 fully saturated rings. The fourth-order valence-electron chi connectivity index (χ4n) is 12.9. The molecule has 0 heterocycles. The molecule has 0 spiro atoms. The second-order valence-corrected chi connectivity index (χ2v) is 77.5. The molecule has 0 saturated carbocycles. The molecular weight excluding hydrogens is 2330 g/mol. The predicted octanol–water partition coefficient (Wildman–Crippen LogP) is 11.1. The van der Waals surface area contributed by atoms with E-state index in [0.717, 1.165) is 0 Å². The Kier molecular flexibility index (Phi) is 136. The van der Waals surface area contributed by atoms with Crippen LogP contribution in [-0.2, 0) is 27.4 Å². The third-order valence-electron chi connectivity index (χ3n) is 12.9. The van der Waals surface area contributed by atoms with Gasteiger partial charge in [-0.15, -0.1) is 25.2 Å². The molecule has 78 heteroatoms. The van der Waals surface area contributed by atoms with E-state index < -0.39 is 47.4 Å². The molecule has 0 atom stereocenters. The van der Waals surface area contributed by atoms with E-state index in [4.69, 9.17) is 86.1 Å². The van der Waals surface area contributed by atoms with Crippen LogP contribution >= 0.6 is 148 Å². The van der Waals surface area contributed by atoms with Crippen LogP contribution in [0.15, 0.2) is 0 Å². The van der Waals surface area contributed by atoms with E-state index in [1.807, 2.05) is 0 Å². The highest BCUT2D eigenvalue weighted by atomic mass is 31.2. The molecule has 0 radical (unpaired) electrons. The molecule has 0 saturated heterocycles. The van der Waals surface area contributed by atoms with Crippen molar-refractivity contribution >= 4 is 148 Å². The van der Waals surface area contributed by atoms with E-state index in [2.05, 4.69) is 676 Å². The zero-order valence-electron chi connectivity index (χ0n) is 106. The predicted molar refractivity (Wildman–Crippen MR) is 655 cm³/mol. The molecule has 0 aliphatic rings. The molecular formula is C72H228F6N36O18P18. The van der Waals surface area contributed by atoms with Crippen molar-refractivity contribution in [2.75, 3.05) is 507 Å². The molecule has 936 valence electrons. The van der Waals surface area contributed by atoms with Gasteiger partial charge in [-0.05, 0) is 507 Å². The maximum atomic E-state index is 10.4. The maximum absolute atomic E-state index is 10.4. The van der Waals surface area contributed by atoms with Crippen molar-refractivity contribution in [2.45, 2.75) is 0 Å². The lowest BCUT2D eigenvalue weighted by atomic mass is 11.2. The summed E-state index contributed by atoms with van der Waals surface area (Å²) in [4.78, 5) is 83.6. The van der Waals surface area contributed by atoms with Crippen LogP contribution in [0.25, 0.3) is 0 Å². The highest BCUT2D eigenvalue weighted by Gasteiger charge is 2.25. The quantitative estimate of drug-likeness (QED) is 0.0205. The third-order valence-corrected chi connectivity index (χ3v) is 38.6. The van der Waals surface area contributed by atoms with Crippen LogP contribution < -0.4 is 0 Å². The first-order valence-corrected chi connectivity index (χ1v) is 67.3. The smallest absolute Gasteiger partial charge is 0.299 e. The van der Waals surface area contributed by atoms with Crippen LogP contribution in [0.5, 0.6) is 0 Å². The van der Waals surface area contributed by atoms with Crippen LogP contribution in [0.4, 0.5) is 25.2 Å². The number of hydrogen-bond donors (Lipinski definition) is 12. The van der Waals surface area contributed by atoms with Crippen molar-refractivity contribution in [1.82, 2.24) is 168 Å². The first-order valence-electron chi connectivity index (χ1n) is 43.9. The summed E-state index contributed by atoms with van der Waals surface area (Å²) in [6, 6.07) is 0. The Morgan fingerprint density at radius 1 is 0.0933 bits per heavy atom. The molecule has 0 aromatic heterocycles. The number of nitrogens with zero attached hydrogens (tertiary/aromatic N) is 36. The molecule has 0 aliphatic carbocycles. The van der Waals surface area contributed by atoms with Gasteiger partial charge in [-0.25, -0.2) is 27.4 Å². The highest BCUT2D eigenvalue weighted by Crippen LogP contribution is 2.50. The van der Waals surface area contributed by atoms with Crippen LogP contribution in [0.3, 0.4) is 0 Å². The van der Waals surface area contributed by atoms with Gasteiger partial charge >= 0.3 is 47.4 Å². The Morgan fingerprint density at radius 2 is 0.107 bits per heavy atom. The minimum atomic E-state index is -5.14. The van der Waals surface area contributed by atoms with Gasteiger partial charge in [0.1, 0.15) is 100 Å². The molecule has 0 unspecified atom stereocenters. The van der Waals surface area contributed by atoms with Crippen molar-refractivity contribution in [2.24, 2.45) is 0 Å². The first kappa shape index (κ1) is 195. The van der Waals surface area contributed by atoms with Gasteiger partial charge < -0.3 is 0 Å². The number of hydrogen-bond acceptors (Lipinski definition) is 42. The van der Waals surface area contributed by atoms with E-state index >= 15 is 0 Å². The van der Waals surface area contributed by atoms with Crippen LogP contribution in [0.2, 0.25) is 0 Å². The fourth-order valence-corrected chi connectivity index (χ4v) is 38.6. The number of halogens is 6. The lowest BCUT2D eigenvalue weighted by Gasteiger charge is -2.34. The van der Waals surface area contributed by atoms with Gasteiger partial charge in [-0.3, -0.25) is 227 Å². The summed E-state index contributed by atoms with van der Waals surface area (Å²) in [7, 11) is 118. The summed E-state index contributed by atoms with van der Waals surface area (Å²) in [5.41, 5.74) is 0. The van der Waals surface area contributed by atoms with Crippen LogP contribution in [0, 0.1) is 0 Å². The average molecular weight is 2560 g/mol. The molecule has 150 heavy (non-hydrogen) atoms. The Morgan fingerprint density at radius 3 is 0.107 bits per heavy atom. The summed E-state index contributed by atoms with van der Waals surface area (Å²) >= 11 is 0. The van der Waals surface area contributed by atoms with E-state index in [1.54, 1.807) is 0 Å². The molecule has 12 N–H and O–H groups in total. The topological polar surface area (TPSA) is 462 Å². The largest absolute Gasteiger partial charge is 0.507 e. The zero-order valence-corrected chi connectivity index (χ0v) is 122. The van der Waals surface area contributed by atoms with E-state index in [-0.39, 0.29) is 100 Å². The van der Waals surface area contributed by atoms with Crippen molar-refractivity contribution in [3.63, 3.8) is 0 Å². The van der Waals surface area contributed by atoms with E-state index in [1.165, 1.54) is 0 Å². The summed E-state index contributed by atoms with van der Waals surface area (Å²) in [5, 5.41) is 0. The molecule has 0 aromatic rings. The van der Waals surface area contributed by atoms with E-state index in [9.17, 15) is 25.2 Å². The summed E-state index contributed by atoms with van der Waals surface area (Å²) in [6.07, 6.45) is 0. The molecule has 0 amide bonds. The average Bonchev–Trinajstić information content (AvgIpc) is 0.975. The van der Waals surface area contributed by atoms with Gasteiger partial charge in [-0.1, -0.05) is 0 Å². The van der Waals surface area contributed by atoms with Crippen molar-refractivity contribution in [1.29, 1.82) is 0 Å². The monoisotopic (exact) mass is 2560 g/mol. The molecule has 0 rings (SSSR count). The molecule has 0 aromatic carbocycles. The lowest BCUT2D eigenvalue weighted by molar-refractivity contribution is 0.320. The Labute approximate surface area is 929 Å². The highest BCUT2D eigenvalue weighted by molar-refractivity contribution is 7.53.